The molecule has 0 aliphatic carbocycles. The van der Waals surface area contributed by atoms with Crippen molar-refractivity contribution in [2.75, 3.05) is 11.4 Å². The Kier molecular flexibility index (Phi) is 6.08. The average Bonchev–Trinajstić information content (AvgIpc) is 3.00. The van der Waals surface area contributed by atoms with Crippen LogP contribution in [-0.2, 0) is 11.3 Å². The fraction of sp³-hybridized carbons (Fsp3) is 0.429. The smallest absolute Gasteiger partial charge is 0.329 e. The molecule has 0 radical (unpaired) electrons. The van der Waals surface area contributed by atoms with Gasteiger partial charge in [-0.25, -0.2) is 4.79 Å². The summed E-state index contributed by atoms with van der Waals surface area (Å²) in [6.45, 7) is 14.5. The van der Waals surface area contributed by atoms with Gasteiger partial charge in [0.15, 0.2) is 0 Å². The van der Waals surface area contributed by atoms with Crippen LogP contribution in [0.5, 0.6) is 0 Å². The number of nitrogens with zero attached hydrogens (tertiary/aromatic N) is 2. The average molecular weight is 446 g/mol. The lowest BCUT2D eigenvalue weighted by molar-refractivity contribution is -0.123. The van der Waals surface area contributed by atoms with Crippen LogP contribution >= 0.6 is 0 Å². The molecule has 0 saturated carbocycles. The van der Waals surface area contributed by atoms with Gasteiger partial charge in [0.1, 0.15) is 5.70 Å². The van der Waals surface area contributed by atoms with E-state index in [0.717, 1.165) is 41.6 Å². The molecule has 5 heteroatoms. The first-order valence-corrected chi connectivity index (χ1v) is 11.9. The first kappa shape index (κ1) is 23.1. The normalized spacial score (nSPS) is 20.9. The van der Waals surface area contributed by atoms with E-state index in [0.29, 0.717) is 11.6 Å². The first-order chi connectivity index (χ1) is 15.6. The van der Waals surface area contributed by atoms with Crippen LogP contribution in [0.2, 0.25) is 0 Å². The van der Waals surface area contributed by atoms with Crippen molar-refractivity contribution in [2.24, 2.45) is 0 Å². The largest absolute Gasteiger partial charge is 0.366 e. The number of hydrogen-bond donors (Lipinski definition) is 1. The summed E-state index contributed by atoms with van der Waals surface area (Å²) in [6, 6.07) is 12.0. The molecule has 1 saturated heterocycles. The summed E-state index contributed by atoms with van der Waals surface area (Å²) in [5, 5.41) is 2.78. The number of carbonyl (C=O) groups excluding carboxylic acids is 2. The Bertz CT molecular complexity index is 1110. The monoisotopic (exact) mass is 445 g/mol. The summed E-state index contributed by atoms with van der Waals surface area (Å²) in [4.78, 5) is 29.4. The molecular weight excluding hydrogens is 410 g/mol. The van der Waals surface area contributed by atoms with Crippen molar-refractivity contribution >= 4 is 23.7 Å². The topological polar surface area (TPSA) is 52.7 Å². The second kappa shape index (κ2) is 8.69. The molecule has 2 aliphatic rings. The fourth-order valence-corrected chi connectivity index (χ4v) is 5.20. The predicted octanol–water partition coefficient (Wildman–Crippen LogP) is 5.90. The van der Waals surface area contributed by atoms with Crippen LogP contribution in [-0.4, -0.2) is 28.9 Å². The number of amides is 3. The zero-order chi connectivity index (χ0) is 23.9. The number of rotatable bonds is 5. The maximum absolute atomic E-state index is 13.0. The van der Waals surface area contributed by atoms with E-state index in [2.05, 4.69) is 57.0 Å². The molecule has 174 valence electrons. The number of benzene rings is 2. The van der Waals surface area contributed by atoms with Crippen LogP contribution in [0, 0.1) is 13.8 Å². The summed E-state index contributed by atoms with van der Waals surface area (Å²) < 4.78 is 0. The first-order valence-electron chi connectivity index (χ1n) is 11.9. The number of urea groups is 1. The molecule has 2 aliphatic heterocycles. The highest BCUT2D eigenvalue weighted by Gasteiger charge is 2.37. The van der Waals surface area contributed by atoms with Gasteiger partial charge in [-0.05, 0) is 86.9 Å². The second-order valence-corrected chi connectivity index (χ2v) is 10.2. The predicted molar refractivity (Wildman–Crippen MR) is 134 cm³/mol. The fourth-order valence-electron chi connectivity index (χ4n) is 5.20. The van der Waals surface area contributed by atoms with Gasteiger partial charge in [-0.1, -0.05) is 43.7 Å². The van der Waals surface area contributed by atoms with Gasteiger partial charge in [-0.2, -0.15) is 0 Å². The van der Waals surface area contributed by atoms with E-state index in [9.17, 15) is 9.59 Å². The summed E-state index contributed by atoms with van der Waals surface area (Å²) in [7, 11) is 0. The minimum atomic E-state index is -0.369. The van der Waals surface area contributed by atoms with Crippen molar-refractivity contribution in [3.8, 4) is 0 Å². The number of anilines is 1. The highest BCUT2D eigenvalue weighted by Crippen LogP contribution is 2.44. The zero-order valence-electron chi connectivity index (χ0n) is 20.7. The van der Waals surface area contributed by atoms with Gasteiger partial charge >= 0.3 is 6.03 Å². The molecule has 2 aromatic carbocycles. The lowest BCUT2D eigenvalue weighted by Gasteiger charge is -2.48. The molecule has 2 aromatic rings. The second-order valence-electron chi connectivity index (χ2n) is 10.2. The van der Waals surface area contributed by atoms with Gasteiger partial charge in [-0.3, -0.25) is 9.69 Å². The van der Waals surface area contributed by atoms with Crippen molar-refractivity contribution in [1.29, 1.82) is 0 Å². The zero-order valence-corrected chi connectivity index (χ0v) is 20.7. The summed E-state index contributed by atoms with van der Waals surface area (Å²) in [6.07, 6.45) is 4.01. The highest BCUT2D eigenvalue weighted by atomic mass is 16.2. The Balaban J connectivity index is 1.64. The molecule has 3 amide bonds. The number of imide groups is 1. The van der Waals surface area contributed by atoms with Crippen LogP contribution in [0.3, 0.4) is 0 Å². The van der Waals surface area contributed by atoms with Gasteiger partial charge < -0.3 is 10.2 Å². The van der Waals surface area contributed by atoms with Gasteiger partial charge in [0.05, 0.1) is 6.54 Å². The van der Waals surface area contributed by atoms with Crippen LogP contribution in [0.25, 0.3) is 6.08 Å². The molecule has 1 unspecified atom stereocenters. The number of hydrogen-bond acceptors (Lipinski definition) is 3. The molecule has 0 spiro atoms. The molecule has 2 heterocycles. The van der Waals surface area contributed by atoms with Crippen LogP contribution in [0.1, 0.15) is 74.3 Å². The molecule has 0 aromatic heterocycles. The third-order valence-electron chi connectivity index (χ3n) is 6.94. The van der Waals surface area contributed by atoms with Crippen LogP contribution in [0.15, 0.2) is 42.1 Å². The van der Waals surface area contributed by atoms with Crippen molar-refractivity contribution in [2.45, 2.75) is 72.4 Å². The standard InChI is InChI=1S/C28H35N3O2/c1-7-12-31-25-13-19(3)22(14-23(25)20(4)16-28(31,5)6)15-24-26(32)30(27(33)29-24)17-21-10-8-18(2)9-11-21/h8-11,13-15,20H,7,12,16-17H2,1-6H3,(H,29,33)/b24-15+. The molecule has 4 rings (SSSR count). The van der Waals surface area contributed by atoms with Gasteiger partial charge in [0.2, 0.25) is 0 Å². The number of nitrogens with one attached hydrogen (secondary N) is 1. The molecule has 1 N–H and O–H groups in total. The minimum Gasteiger partial charge on any atom is -0.366 e. The lowest BCUT2D eigenvalue weighted by Crippen LogP contribution is -2.48. The Labute approximate surface area is 197 Å². The summed E-state index contributed by atoms with van der Waals surface area (Å²) in [5.41, 5.74) is 7.22. The van der Waals surface area contributed by atoms with Crippen molar-refractivity contribution in [3.63, 3.8) is 0 Å². The third-order valence-corrected chi connectivity index (χ3v) is 6.94. The molecule has 5 nitrogen and oxygen atoms in total. The van der Waals surface area contributed by atoms with Crippen molar-refractivity contribution < 1.29 is 9.59 Å². The van der Waals surface area contributed by atoms with E-state index in [-0.39, 0.29) is 24.0 Å². The van der Waals surface area contributed by atoms with Crippen LogP contribution in [0.4, 0.5) is 10.5 Å². The van der Waals surface area contributed by atoms with E-state index in [1.807, 2.05) is 37.3 Å². The third kappa shape index (κ3) is 4.41. The Morgan fingerprint density at radius 3 is 2.48 bits per heavy atom. The number of fused-ring (bicyclic) bond motifs is 1. The van der Waals surface area contributed by atoms with E-state index in [4.69, 9.17) is 0 Å². The van der Waals surface area contributed by atoms with Gasteiger partial charge in [0, 0.05) is 17.8 Å². The molecule has 33 heavy (non-hydrogen) atoms. The number of aryl methyl sites for hydroxylation is 2. The number of carbonyl (C=O) groups is 2. The molecule has 1 atom stereocenters. The van der Waals surface area contributed by atoms with E-state index < -0.39 is 0 Å². The maximum atomic E-state index is 13.0. The molecule has 0 bridgehead atoms. The SMILES string of the molecule is CCCN1c2cc(C)c(/C=C3/NC(=O)N(Cc4ccc(C)cc4)C3=O)cc2C(C)CC1(C)C. The summed E-state index contributed by atoms with van der Waals surface area (Å²) in [5.74, 6) is 0.146. The van der Waals surface area contributed by atoms with Crippen molar-refractivity contribution in [1.82, 2.24) is 10.2 Å². The molecule has 1 fully saturated rings. The molecular formula is C28H35N3O2. The summed E-state index contributed by atoms with van der Waals surface area (Å²) >= 11 is 0. The maximum Gasteiger partial charge on any atom is 0.329 e. The Morgan fingerprint density at radius 2 is 1.82 bits per heavy atom. The quantitative estimate of drug-likeness (QED) is 0.461. The van der Waals surface area contributed by atoms with Gasteiger partial charge in [-0.15, -0.1) is 0 Å². The minimum absolute atomic E-state index is 0.112. The lowest BCUT2D eigenvalue weighted by atomic mass is 9.79. The Hall–Kier alpha value is -3.08. The van der Waals surface area contributed by atoms with Crippen molar-refractivity contribution in [3.05, 3.63) is 69.9 Å². The highest BCUT2D eigenvalue weighted by molar-refractivity contribution is 6.14. The van der Waals surface area contributed by atoms with E-state index in [1.165, 1.54) is 16.2 Å². The van der Waals surface area contributed by atoms with Crippen LogP contribution < -0.4 is 10.2 Å². The van der Waals surface area contributed by atoms with Gasteiger partial charge in [0.25, 0.3) is 5.91 Å². The van der Waals surface area contributed by atoms with E-state index >= 15 is 0 Å². The van der Waals surface area contributed by atoms with E-state index in [1.54, 1.807) is 0 Å². The Morgan fingerprint density at radius 1 is 1.12 bits per heavy atom.